The average molecular weight is 328 g/mol. The number of carbonyl (C=O) groups is 2. The van der Waals surface area contributed by atoms with Crippen LogP contribution in [-0.2, 0) is 9.47 Å². The van der Waals surface area contributed by atoms with E-state index in [9.17, 15) is 9.59 Å². The molecule has 0 aliphatic carbocycles. The van der Waals surface area contributed by atoms with Gasteiger partial charge in [0.05, 0.1) is 17.7 Å². The van der Waals surface area contributed by atoms with Gasteiger partial charge in [0.2, 0.25) is 0 Å². The van der Waals surface area contributed by atoms with Crippen molar-refractivity contribution in [3.8, 4) is 0 Å². The predicted molar refractivity (Wildman–Crippen MR) is 91.5 cm³/mol. The highest BCUT2D eigenvalue weighted by Crippen LogP contribution is 2.10. The van der Waals surface area contributed by atoms with Crippen molar-refractivity contribution in [2.45, 2.75) is 19.4 Å². The Bertz CT molecular complexity index is 696. The molecule has 2 rings (SSSR count). The van der Waals surface area contributed by atoms with E-state index in [0.717, 1.165) is 0 Å². The molecule has 0 fully saturated rings. The Labute approximate surface area is 140 Å². The van der Waals surface area contributed by atoms with E-state index in [-0.39, 0.29) is 12.7 Å². The van der Waals surface area contributed by atoms with Gasteiger partial charge in [0.1, 0.15) is 6.10 Å². The monoisotopic (exact) mass is 328 g/mol. The van der Waals surface area contributed by atoms with Crippen molar-refractivity contribution in [2.75, 3.05) is 18.1 Å². The van der Waals surface area contributed by atoms with Crippen molar-refractivity contribution in [3.05, 3.63) is 59.7 Å². The van der Waals surface area contributed by atoms with Crippen molar-refractivity contribution in [1.82, 2.24) is 0 Å². The van der Waals surface area contributed by atoms with Crippen LogP contribution in [0.2, 0.25) is 0 Å². The van der Waals surface area contributed by atoms with Crippen LogP contribution in [0.4, 0.5) is 11.4 Å². The van der Waals surface area contributed by atoms with E-state index < -0.39 is 11.9 Å². The van der Waals surface area contributed by atoms with E-state index in [1.54, 1.807) is 55.5 Å². The number of carbonyl (C=O) groups excluding carboxylic acids is 2. The van der Waals surface area contributed by atoms with Crippen LogP contribution in [-0.4, -0.2) is 24.6 Å². The van der Waals surface area contributed by atoms with Crippen molar-refractivity contribution in [3.63, 3.8) is 0 Å². The highest BCUT2D eigenvalue weighted by atomic mass is 16.6. The highest BCUT2D eigenvalue weighted by molar-refractivity contribution is 5.90. The summed E-state index contributed by atoms with van der Waals surface area (Å²) >= 11 is 0. The van der Waals surface area contributed by atoms with Crippen molar-refractivity contribution in [1.29, 1.82) is 0 Å². The minimum absolute atomic E-state index is 0.152. The summed E-state index contributed by atoms with van der Waals surface area (Å²) in [5.74, 6) is -0.876. The molecule has 0 radical (unpaired) electrons. The molecule has 2 aromatic carbocycles. The predicted octanol–water partition coefficient (Wildman–Crippen LogP) is 2.64. The fraction of sp³-hybridized carbons (Fsp3) is 0.222. The first-order chi connectivity index (χ1) is 11.5. The smallest absolute Gasteiger partial charge is 0.338 e. The van der Waals surface area contributed by atoms with E-state index in [4.69, 9.17) is 20.9 Å². The van der Waals surface area contributed by atoms with Crippen LogP contribution >= 0.6 is 0 Å². The third-order valence-corrected chi connectivity index (χ3v) is 3.36. The summed E-state index contributed by atoms with van der Waals surface area (Å²) in [4.78, 5) is 23.8. The maximum atomic E-state index is 11.9. The number of ether oxygens (including phenoxy) is 2. The van der Waals surface area contributed by atoms with Gasteiger partial charge >= 0.3 is 11.9 Å². The van der Waals surface area contributed by atoms with Gasteiger partial charge in [0.25, 0.3) is 0 Å². The molecule has 0 spiro atoms. The first kappa shape index (κ1) is 17.3. The molecule has 24 heavy (non-hydrogen) atoms. The molecule has 0 aliphatic heterocycles. The standard InChI is InChI=1S/C18H20N2O4/c1-12(24-18(22)14-4-8-16(20)9-5-14)10-11-23-17(21)13-2-6-15(19)7-3-13/h2-9,12H,10-11,19-20H2,1H3. The van der Waals surface area contributed by atoms with Gasteiger partial charge in [-0.2, -0.15) is 0 Å². The quantitative estimate of drug-likeness (QED) is 0.624. The second-order valence-electron chi connectivity index (χ2n) is 5.38. The van der Waals surface area contributed by atoms with Gasteiger partial charge in [0.15, 0.2) is 0 Å². The zero-order valence-electron chi connectivity index (χ0n) is 13.4. The molecule has 1 atom stereocenters. The van der Waals surface area contributed by atoms with Gasteiger partial charge in [0, 0.05) is 17.8 Å². The average Bonchev–Trinajstić information content (AvgIpc) is 2.55. The lowest BCUT2D eigenvalue weighted by Crippen LogP contribution is -2.18. The number of rotatable bonds is 6. The third-order valence-electron chi connectivity index (χ3n) is 3.36. The molecule has 0 heterocycles. The van der Waals surface area contributed by atoms with E-state index in [2.05, 4.69) is 0 Å². The molecule has 126 valence electrons. The zero-order valence-corrected chi connectivity index (χ0v) is 13.4. The summed E-state index contributed by atoms with van der Waals surface area (Å²) in [6.07, 6.45) is 0.0239. The third kappa shape index (κ3) is 5.01. The molecule has 0 aliphatic rings. The van der Waals surface area contributed by atoms with E-state index in [0.29, 0.717) is 28.9 Å². The number of hydrogen-bond acceptors (Lipinski definition) is 6. The van der Waals surface area contributed by atoms with E-state index in [1.807, 2.05) is 0 Å². The summed E-state index contributed by atoms with van der Waals surface area (Å²) < 4.78 is 10.4. The first-order valence-electron chi connectivity index (χ1n) is 7.55. The van der Waals surface area contributed by atoms with Gasteiger partial charge < -0.3 is 20.9 Å². The second-order valence-corrected chi connectivity index (χ2v) is 5.38. The van der Waals surface area contributed by atoms with Crippen molar-refractivity contribution < 1.29 is 19.1 Å². The maximum absolute atomic E-state index is 11.9. The van der Waals surface area contributed by atoms with E-state index in [1.165, 1.54) is 0 Å². The Morgan fingerprint density at radius 3 is 1.83 bits per heavy atom. The largest absolute Gasteiger partial charge is 0.462 e. The summed E-state index contributed by atoms with van der Waals surface area (Å²) in [5.41, 5.74) is 13.1. The van der Waals surface area contributed by atoms with Gasteiger partial charge in [-0.1, -0.05) is 0 Å². The maximum Gasteiger partial charge on any atom is 0.338 e. The number of nitrogen functional groups attached to an aromatic ring is 2. The summed E-state index contributed by atoms with van der Waals surface area (Å²) in [7, 11) is 0. The summed E-state index contributed by atoms with van der Waals surface area (Å²) in [5, 5.41) is 0. The van der Waals surface area contributed by atoms with Crippen LogP contribution in [0.25, 0.3) is 0 Å². The van der Waals surface area contributed by atoms with Crippen LogP contribution < -0.4 is 11.5 Å². The lowest BCUT2D eigenvalue weighted by atomic mass is 10.2. The Hall–Kier alpha value is -3.02. The fourth-order valence-corrected chi connectivity index (χ4v) is 1.95. The van der Waals surface area contributed by atoms with Crippen LogP contribution in [0.1, 0.15) is 34.1 Å². The Morgan fingerprint density at radius 1 is 0.875 bits per heavy atom. The molecule has 1 unspecified atom stereocenters. The zero-order chi connectivity index (χ0) is 17.5. The second kappa shape index (κ2) is 8.01. The SMILES string of the molecule is CC(CCOC(=O)c1ccc(N)cc1)OC(=O)c1ccc(N)cc1. The topological polar surface area (TPSA) is 105 Å². The molecule has 6 nitrogen and oxygen atoms in total. The number of esters is 2. The van der Waals surface area contributed by atoms with Crippen molar-refractivity contribution in [2.24, 2.45) is 0 Å². The Kier molecular flexibility index (Phi) is 5.78. The van der Waals surface area contributed by atoms with Gasteiger partial charge in [-0.3, -0.25) is 0 Å². The van der Waals surface area contributed by atoms with Crippen LogP contribution in [0.5, 0.6) is 0 Å². The first-order valence-corrected chi connectivity index (χ1v) is 7.55. The molecule has 0 amide bonds. The Morgan fingerprint density at radius 2 is 1.33 bits per heavy atom. The molecule has 0 saturated carbocycles. The Balaban J connectivity index is 1.75. The molecule has 0 saturated heterocycles. The highest BCUT2D eigenvalue weighted by Gasteiger charge is 2.13. The fourth-order valence-electron chi connectivity index (χ4n) is 1.95. The van der Waals surface area contributed by atoms with E-state index >= 15 is 0 Å². The summed E-state index contributed by atoms with van der Waals surface area (Å²) in [6.45, 7) is 1.89. The number of nitrogens with two attached hydrogens (primary N) is 2. The lowest BCUT2D eigenvalue weighted by molar-refractivity contribution is 0.0229. The number of hydrogen-bond donors (Lipinski definition) is 2. The van der Waals surface area contributed by atoms with Crippen LogP contribution in [0.3, 0.4) is 0 Å². The van der Waals surface area contributed by atoms with Crippen LogP contribution in [0.15, 0.2) is 48.5 Å². The molecule has 0 aromatic heterocycles. The summed E-state index contributed by atoms with van der Waals surface area (Å²) in [6, 6.07) is 12.9. The minimum atomic E-state index is -0.438. The molecule has 2 aromatic rings. The molecular formula is C18H20N2O4. The number of anilines is 2. The minimum Gasteiger partial charge on any atom is -0.462 e. The van der Waals surface area contributed by atoms with Gasteiger partial charge in [-0.25, -0.2) is 9.59 Å². The number of benzene rings is 2. The molecule has 6 heteroatoms. The molecule has 4 N–H and O–H groups in total. The lowest BCUT2D eigenvalue weighted by Gasteiger charge is -2.13. The normalized spacial score (nSPS) is 11.5. The van der Waals surface area contributed by atoms with Crippen molar-refractivity contribution >= 4 is 23.3 Å². The van der Waals surface area contributed by atoms with Gasteiger partial charge in [-0.05, 0) is 55.5 Å². The van der Waals surface area contributed by atoms with Crippen LogP contribution in [0, 0.1) is 0 Å². The molecule has 0 bridgehead atoms. The van der Waals surface area contributed by atoms with Gasteiger partial charge in [-0.15, -0.1) is 0 Å². The molecular weight excluding hydrogens is 308 g/mol.